The predicted molar refractivity (Wildman–Crippen MR) is 168 cm³/mol. The van der Waals surface area contributed by atoms with E-state index in [2.05, 4.69) is 34.8 Å². The molecule has 0 saturated carbocycles. The molecule has 3 atom stereocenters. The van der Waals surface area contributed by atoms with Crippen LogP contribution in [-0.4, -0.2) is 72.0 Å². The van der Waals surface area contributed by atoms with Crippen LogP contribution in [0.4, 0.5) is 0 Å². The molecule has 0 saturated heterocycles. The summed E-state index contributed by atoms with van der Waals surface area (Å²) in [4.78, 5) is 28.5. The van der Waals surface area contributed by atoms with Gasteiger partial charge in [0.15, 0.2) is 0 Å². The minimum atomic E-state index is -1.05. The van der Waals surface area contributed by atoms with Gasteiger partial charge in [0.05, 0.1) is 23.3 Å². The van der Waals surface area contributed by atoms with Crippen molar-refractivity contribution in [3.8, 4) is 11.5 Å². The number of para-hydroxylation sites is 1. The van der Waals surface area contributed by atoms with Crippen molar-refractivity contribution in [3.63, 3.8) is 0 Å². The summed E-state index contributed by atoms with van der Waals surface area (Å²) in [6.07, 6.45) is 6.00. The van der Waals surface area contributed by atoms with Crippen molar-refractivity contribution >= 4 is 34.4 Å². The molecule has 0 heterocycles. The van der Waals surface area contributed by atoms with Gasteiger partial charge >= 0.3 is 0 Å². The summed E-state index contributed by atoms with van der Waals surface area (Å²) < 4.78 is 12.5. The number of aliphatic hydroxyl groups excluding tert-OH is 2. The maximum Gasteiger partial charge on any atom is 0.247 e. The fourth-order valence-electron chi connectivity index (χ4n) is 5.04. The highest BCUT2D eigenvalue weighted by molar-refractivity contribution is 14.1. The predicted octanol–water partition coefficient (Wildman–Crippen LogP) is 4.65. The third-order valence-corrected chi connectivity index (χ3v) is 8.20. The number of benzene rings is 2. The second-order valence-electron chi connectivity index (χ2n) is 10.3. The van der Waals surface area contributed by atoms with Crippen molar-refractivity contribution < 1.29 is 29.3 Å². The zero-order chi connectivity index (χ0) is 29.6. The molecule has 0 bridgehead atoms. The van der Waals surface area contributed by atoms with Gasteiger partial charge in [-0.3, -0.25) is 9.59 Å². The summed E-state index contributed by atoms with van der Waals surface area (Å²) in [5.41, 5.74) is 1.44. The number of hydrogen-bond donors (Lipinski definition) is 3. The van der Waals surface area contributed by atoms with Gasteiger partial charge in [0.2, 0.25) is 11.8 Å². The minimum absolute atomic E-state index is 0.0431. The van der Waals surface area contributed by atoms with Gasteiger partial charge in [0.1, 0.15) is 23.7 Å². The van der Waals surface area contributed by atoms with Crippen molar-refractivity contribution in [2.45, 2.75) is 76.5 Å². The number of methoxy groups -OCH3 is 1. The first-order chi connectivity index (χ1) is 19.9. The van der Waals surface area contributed by atoms with Gasteiger partial charge in [-0.2, -0.15) is 0 Å². The smallest absolute Gasteiger partial charge is 0.247 e. The largest absolute Gasteiger partial charge is 0.497 e. The molecule has 8 nitrogen and oxygen atoms in total. The van der Waals surface area contributed by atoms with Crippen molar-refractivity contribution in [2.24, 2.45) is 0 Å². The number of halogens is 1. The molecule has 2 amide bonds. The van der Waals surface area contributed by atoms with E-state index in [1.807, 2.05) is 48.5 Å². The fraction of sp³-hybridized carbons (Fsp3) is 0.500. The Hall–Kier alpha value is -2.63. The molecule has 1 aliphatic carbocycles. The maximum atomic E-state index is 13.7. The summed E-state index contributed by atoms with van der Waals surface area (Å²) in [6.45, 7) is 2.47. The van der Waals surface area contributed by atoms with Crippen molar-refractivity contribution in [2.75, 3.05) is 26.8 Å². The molecule has 0 radical (unpaired) electrons. The summed E-state index contributed by atoms with van der Waals surface area (Å²) in [5, 5.41) is 23.6. The molecule has 224 valence electrons. The van der Waals surface area contributed by atoms with Gasteiger partial charge in [-0.1, -0.05) is 56.9 Å². The van der Waals surface area contributed by atoms with Crippen molar-refractivity contribution in [3.05, 3.63) is 69.3 Å². The Morgan fingerprint density at radius 2 is 1.88 bits per heavy atom. The van der Waals surface area contributed by atoms with E-state index in [1.54, 1.807) is 18.1 Å². The summed E-state index contributed by atoms with van der Waals surface area (Å²) in [7, 11) is 1.62. The first-order valence-electron chi connectivity index (χ1n) is 14.5. The number of carbonyl (C=O) groups is 2. The second kappa shape index (κ2) is 17.4. The van der Waals surface area contributed by atoms with Crippen LogP contribution in [0.25, 0.3) is 0 Å². The summed E-state index contributed by atoms with van der Waals surface area (Å²) >= 11 is 2.17. The molecule has 0 spiro atoms. The normalized spacial score (nSPS) is 18.4. The van der Waals surface area contributed by atoms with Crippen LogP contribution in [0.5, 0.6) is 11.5 Å². The Balaban J connectivity index is 1.89. The van der Waals surface area contributed by atoms with E-state index < -0.39 is 18.2 Å². The lowest BCUT2D eigenvalue weighted by atomic mass is 9.87. The lowest BCUT2D eigenvalue weighted by Gasteiger charge is -2.40. The van der Waals surface area contributed by atoms with Crippen LogP contribution < -0.4 is 14.8 Å². The van der Waals surface area contributed by atoms with E-state index in [4.69, 9.17) is 9.47 Å². The average Bonchev–Trinajstić information content (AvgIpc) is 2.98. The number of carbonyl (C=O) groups excluding carboxylic acids is 2. The number of aliphatic hydroxyl groups is 2. The SMILES string of the molecule is CCCCCCCC(=O)N(CCc1cccc(OC)c1)[C@@H]1CC(C(=O)NCCO)=C[C@H](Oc2ccccc2I)[C@H]1O. The van der Waals surface area contributed by atoms with Crippen molar-refractivity contribution in [1.82, 2.24) is 10.2 Å². The number of amides is 2. The fourth-order valence-corrected chi connectivity index (χ4v) is 5.56. The molecule has 0 fully saturated rings. The van der Waals surface area contributed by atoms with Gasteiger partial charge in [-0.05, 0) is 71.3 Å². The summed E-state index contributed by atoms with van der Waals surface area (Å²) in [6, 6.07) is 14.6. The first kappa shape index (κ1) is 32.9. The van der Waals surface area contributed by atoms with Gasteiger partial charge in [-0.15, -0.1) is 0 Å². The molecule has 3 rings (SSSR count). The Labute approximate surface area is 257 Å². The Morgan fingerprint density at radius 3 is 2.61 bits per heavy atom. The third kappa shape index (κ3) is 10.0. The average molecular weight is 679 g/mol. The van der Waals surface area contributed by atoms with Crippen molar-refractivity contribution in [1.29, 1.82) is 0 Å². The van der Waals surface area contributed by atoms with Gasteiger partial charge < -0.3 is 29.9 Å². The number of unbranched alkanes of at least 4 members (excludes halogenated alkanes) is 4. The quantitative estimate of drug-likeness (QED) is 0.176. The zero-order valence-electron chi connectivity index (χ0n) is 24.1. The van der Waals surface area contributed by atoms with Crippen LogP contribution in [0.3, 0.4) is 0 Å². The molecule has 9 heteroatoms. The summed E-state index contributed by atoms with van der Waals surface area (Å²) in [5.74, 6) is 0.950. The molecule has 41 heavy (non-hydrogen) atoms. The van der Waals surface area contributed by atoms with Crippen LogP contribution in [0, 0.1) is 3.57 Å². The Kier molecular flexibility index (Phi) is 13.9. The number of ether oxygens (including phenoxy) is 2. The third-order valence-electron chi connectivity index (χ3n) is 7.30. The van der Waals surface area contributed by atoms with Crippen LogP contribution in [0.15, 0.2) is 60.2 Å². The molecule has 2 aromatic rings. The Morgan fingerprint density at radius 1 is 1.10 bits per heavy atom. The standard InChI is InChI=1S/C32H43IN2O6/c1-3-4-5-6-7-15-30(37)35(18-16-23-11-10-12-25(20-23)40-2)27-21-24(32(39)34-17-19-36)22-29(31(27)38)41-28-14-9-8-13-26(28)33/h8-14,20,22,27,29,31,36,38H,3-7,15-19,21H2,1-2H3,(H,34,39)/t27-,29+,31+/m1/s1. The van der Waals surface area contributed by atoms with E-state index in [9.17, 15) is 19.8 Å². The molecule has 0 aromatic heterocycles. The Bertz CT molecular complexity index is 1160. The molecule has 1 aliphatic rings. The molecular formula is C32H43IN2O6. The van der Waals surface area contributed by atoms with Crippen LogP contribution in [-0.2, 0) is 16.0 Å². The molecule has 3 N–H and O–H groups in total. The van der Waals surface area contributed by atoms with E-state index in [1.165, 1.54) is 0 Å². The lowest BCUT2D eigenvalue weighted by Crippen LogP contribution is -2.55. The van der Waals surface area contributed by atoms with Crippen LogP contribution >= 0.6 is 22.6 Å². The van der Waals surface area contributed by atoms with E-state index in [0.717, 1.165) is 47.0 Å². The van der Waals surface area contributed by atoms with Gasteiger partial charge in [0, 0.05) is 31.5 Å². The number of rotatable bonds is 16. The molecule has 0 aliphatic heterocycles. The molecule has 2 aromatic carbocycles. The first-order valence-corrected chi connectivity index (χ1v) is 15.6. The minimum Gasteiger partial charge on any atom is -0.497 e. The van der Waals surface area contributed by atoms with Crippen LogP contribution in [0.2, 0.25) is 0 Å². The molecule has 0 unspecified atom stereocenters. The molecular weight excluding hydrogens is 635 g/mol. The highest BCUT2D eigenvalue weighted by Crippen LogP contribution is 2.30. The van der Waals surface area contributed by atoms with Crippen LogP contribution in [0.1, 0.15) is 57.4 Å². The topological polar surface area (TPSA) is 108 Å². The number of nitrogens with zero attached hydrogens (tertiary/aromatic N) is 1. The lowest BCUT2D eigenvalue weighted by molar-refractivity contribution is -0.138. The van der Waals surface area contributed by atoms with E-state index >= 15 is 0 Å². The monoisotopic (exact) mass is 678 g/mol. The second-order valence-corrected chi connectivity index (χ2v) is 11.5. The number of nitrogens with one attached hydrogen (secondary N) is 1. The van der Waals surface area contributed by atoms with Gasteiger partial charge in [0.25, 0.3) is 0 Å². The highest BCUT2D eigenvalue weighted by atomic mass is 127. The number of hydrogen-bond acceptors (Lipinski definition) is 6. The van der Waals surface area contributed by atoms with E-state index in [0.29, 0.717) is 30.7 Å². The van der Waals surface area contributed by atoms with Gasteiger partial charge in [-0.25, -0.2) is 0 Å². The maximum absolute atomic E-state index is 13.7. The highest BCUT2D eigenvalue weighted by Gasteiger charge is 2.40. The van der Waals surface area contributed by atoms with E-state index in [-0.39, 0.29) is 31.4 Å². The zero-order valence-corrected chi connectivity index (χ0v) is 26.2.